The number of carbonyl (C=O) groups is 2. The van der Waals surface area contributed by atoms with Crippen LogP contribution in [0.25, 0.3) is 11.1 Å². The van der Waals surface area contributed by atoms with E-state index in [1.807, 2.05) is 60.7 Å². The van der Waals surface area contributed by atoms with Crippen molar-refractivity contribution in [2.75, 3.05) is 29.9 Å². The van der Waals surface area contributed by atoms with E-state index >= 15 is 0 Å². The molecule has 1 unspecified atom stereocenters. The molecule has 0 aromatic heterocycles. The number of nitrogens with zero attached hydrogens (tertiary/aromatic N) is 1. The second-order valence-corrected chi connectivity index (χ2v) is 10.6. The molecule has 41 heavy (non-hydrogen) atoms. The average molecular weight is 550 g/mol. The van der Waals surface area contributed by atoms with Crippen LogP contribution in [0.5, 0.6) is 0 Å². The van der Waals surface area contributed by atoms with E-state index in [1.54, 1.807) is 18.2 Å². The van der Waals surface area contributed by atoms with Crippen LogP contribution in [0.3, 0.4) is 0 Å². The minimum absolute atomic E-state index is 0.123. The summed E-state index contributed by atoms with van der Waals surface area (Å²) in [5, 5.41) is 6.12. The first-order valence-corrected chi connectivity index (χ1v) is 14.4. The van der Waals surface area contributed by atoms with Crippen molar-refractivity contribution in [3.05, 3.63) is 120 Å². The first-order valence-electron chi connectivity index (χ1n) is 14.4. The van der Waals surface area contributed by atoms with Gasteiger partial charge < -0.3 is 15.5 Å². The van der Waals surface area contributed by atoms with Crippen LogP contribution in [-0.4, -0.2) is 31.4 Å². The quantitative estimate of drug-likeness (QED) is 0.231. The van der Waals surface area contributed by atoms with Gasteiger partial charge in [-0.15, -0.1) is 0 Å². The highest BCUT2D eigenvalue weighted by Crippen LogP contribution is 2.35. The van der Waals surface area contributed by atoms with Crippen LogP contribution in [0.2, 0.25) is 0 Å². The number of hydrogen-bond acceptors (Lipinski definition) is 3. The van der Waals surface area contributed by atoms with Gasteiger partial charge >= 0.3 is 0 Å². The van der Waals surface area contributed by atoms with E-state index in [-0.39, 0.29) is 29.5 Å². The fourth-order valence-electron chi connectivity index (χ4n) is 5.66. The lowest BCUT2D eigenvalue weighted by molar-refractivity contribution is -0.124. The number of benzene rings is 4. The molecule has 1 heterocycles. The second-order valence-electron chi connectivity index (χ2n) is 10.6. The molecule has 0 aliphatic carbocycles. The fourth-order valence-corrected chi connectivity index (χ4v) is 5.66. The summed E-state index contributed by atoms with van der Waals surface area (Å²) in [6.45, 7) is 4.50. The summed E-state index contributed by atoms with van der Waals surface area (Å²) in [5.74, 6) is -0.261. The predicted molar refractivity (Wildman–Crippen MR) is 164 cm³/mol. The van der Waals surface area contributed by atoms with Crippen LogP contribution in [0.4, 0.5) is 15.8 Å². The maximum atomic E-state index is 13.4. The van der Waals surface area contributed by atoms with Gasteiger partial charge in [0.1, 0.15) is 5.82 Å². The maximum absolute atomic E-state index is 13.4. The molecule has 1 aliphatic rings. The van der Waals surface area contributed by atoms with Crippen molar-refractivity contribution < 1.29 is 14.0 Å². The molecule has 5 nitrogen and oxygen atoms in total. The van der Waals surface area contributed by atoms with Crippen LogP contribution in [-0.2, 0) is 4.79 Å². The molecule has 1 fully saturated rings. The van der Waals surface area contributed by atoms with Crippen molar-refractivity contribution in [2.45, 2.75) is 32.1 Å². The number of amides is 2. The molecule has 2 N–H and O–H groups in total. The predicted octanol–water partition coefficient (Wildman–Crippen LogP) is 7.27. The van der Waals surface area contributed by atoms with Gasteiger partial charge in [-0.25, -0.2) is 4.39 Å². The van der Waals surface area contributed by atoms with Crippen molar-refractivity contribution in [1.29, 1.82) is 0 Å². The largest absolute Gasteiger partial charge is 0.372 e. The summed E-state index contributed by atoms with van der Waals surface area (Å²) in [7, 11) is 0. The van der Waals surface area contributed by atoms with E-state index in [2.05, 4.69) is 34.6 Å². The van der Waals surface area contributed by atoms with Crippen LogP contribution in [0, 0.1) is 11.7 Å². The Morgan fingerprint density at radius 2 is 1.51 bits per heavy atom. The monoisotopic (exact) mass is 549 g/mol. The lowest BCUT2D eigenvalue weighted by Crippen LogP contribution is -2.40. The molecular weight excluding hydrogens is 513 g/mol. The Morgan fingerprint density at radius 1 is 0.854 bits per heavy atom. The van der Waals surface area contributed by atoms with Gasteiger partial charge in [0.25, 0.3) is 5.91 Å². The summed E-state index contributed by atoms with van der Waals surface area (Å²) in [5.41, 5.74) is 4.95. The van der Waals surface area contributed by atoms with Crippen LogP contribution < -0.4 is 15.5 Å². The normalized spacial score (nSPS) is 14.3. The number of piperidine rings is 1. The second kappa shape index (κ2) is 13.3. The molecule has 6 heteroatoms. The van der Waals surface area contributed by atoms with Crippen molar-refractivity contribution in [3.8, 4) is 11.1 Å². The van der Waals surface area contributed by atoms with Crippen LogP contribution in [0.1, 0.15) is 48.0 Å². The standard InChI is InChI=1S/C35H36FN3O2/c1-2-22-37-35(41)33(26-8-4-3-5-9-26)27-20-23-39(24-21-27)30-18-16-29(17-19-30)38-34(40)32-11-7-6-10-31(32)25-12-14-28(36)15-13-25/h3-19,27,33H,2,20-24H2,1H3,(H,37,41)(H,38,40). The first kappa shape index (κ1) is 28.1. The van der Waals surface area contributed by atoms with E-state index in [0.29, 0.717) is 17.8 Å². The smallest absolute Gasteiger partial charge is 0.256 e. The molecule has 210 valence electrons. The van der Waals surface area contributed by atoms with Gasteiger partial charge in [0.2, 0.25) is 5.91 Å². The lowest BCUT2D eigenvalue weighted by Gasteiger charge is -2.37. The molecule has 0 saturated carbocycles. The highest BCUT2D eigenvalue weighted by atomic mass is 19.1. The Balaban J connectivity index is 1.22. The lowest BCUT2D eigenvalue weighted by atomic mass is 9.79. The van der Waals surface area contributed by atoms with Crippen molar-refractivity contribution >= 4 is 23.2 Å². The highest BCUT2D eigenvalue weighted by Gasteiger charge is 2.32. The Labute approximate surface area is 241 Å². The molecule has 0 spiro atoms. The van der Waals surface area contributed by atoms with Crippen molar-refractivity contribution in [1.82, 2.24) is 5.32 Å². The van der Waals surface area contributed by atoms with Crippen molar-refractivity contribution in [2.24, 2.45) is 5.92 Å². The molecular formula is C35H36FN3O2. The third kappa shape index (κ3) is 6.83. The Bertz CT molecular complexity index is 1450. The molecule has 0 radical (unpaired) electrons. The van der Waals surface area contributed by atoms with E-state index in [1.165, 1.54) is 12.1 Å². The van der Waals surface area contributed by atoms with Gasteiger partial charge in [0.15, 0.2) is 0 Å². The third-order valence-corrected chi connectivity index (χ3v) is 7.82. The topological polar surface area (TPSA) is 61.4 Å². The Kier molecular flexibility index (Phi) is 9.09. The molecule has 1 aliphatic heterocycles. The Morgan fingerprint density at radius 3 is 2.20 bits per heavy atom. The Hall–Kier alpha value is -4.45. The zero-order valence-corrected chi connectivity index (χ0v) is 23.4. The molecule has 5 rings (SSSR count). The molecule has 4 aromatic rings. The van der Waals surface area contributed by atoms with Gasteiger partial charge in [0.05, 0.1) is 5.92 Å². The van der Waals surface area contributed by atoms with E-state index in [4.69, 9.17) is 0 Å². The van der Waals surface area contributed by atoms with Gasteiger partial charge in [-0.3, -0.25) is 9.59 Å². The molecule has 4 aromatic carbocycles. The number of nitrogens with one attached hydrogen (secondary N) is 2. The summed E-state index contributed by atoms with van der Waals surface area (Å²) >= 11 is 0. The SMILES string of the molecule is CCCNC(=O)C(c1ccccc1)C1CCN(c2ccc(NC(=O)c3ccccc3-c3ccc(F)cc3)cc2)CC1. The minimum Gasteiger partial charge on any atom is -0.372 e. The number of anilines is 2. The van der Waals surface area contributed by atoms with Gasteiger partial charge in [-0.1, -0.05) is 67.6 Å². The van der Waals surface area contributed by atoms with Gasteiger partial charge in [-0.2, -0.15) is 0 Å². The highest BCUT2D eigenvalue weighted by molar-refractivity contribution is 6.08. The summed E-state index contributed by atoms with van der Waals surface area (Å²) < 4.78 is 13.4. The number of hydrogen-bond donors (Lipinski definition) is 2. The van der Waals surface area contributed by atoms with Crippen LogP contribution >= 0.6 is 0 Å². The molecule has 1 atom stereocenters. The summed E-state index contributed by atoms with van der Waals surface area (Å²) in [6, 6.07) is 31.5. The average Bonchev–Trinajstić information content (AvgIpc) is 3.02. The summed E-state index contributed by atoms with van der Waals surface area (Å²) in [4.78, 5) is 28.6. The number of carbonyl (C=O) groups excluding carboxylic acids is 2. The zero-order valence-electron chi connectivity index (χ0n) is 23.4. The molecule has 2 amide bonds. The fraction of sp³-hybridized carbons (Fsp3) is 0.257. The minimum atomic E-state index is -0.312. The van der Waals surface area contributed by atoms with Crippen molar-refractivity contribution in [3.63, 3.8) is 0 Å². The van der Waals surface area contributed by atoms with E-state index in [9.17, 15) is 14.0 Å². The van der Waals surface area contributed by atoms with E-state index < -0.39 is 0 Å². The van der Waals surface area contributed by atoms with E-state index in [0.717, 1.165) is 54.7 Å². The first-order chi connectivity index (χ1) is 20.0. The zero-order chi connectivity index (χ0) is 28.6. The van der Waals surface area contributed by atoms with Gasteiger partial charge in [0, 0.05) is 36.6 Å². The number of rotatable bonds is 9. The van der Waals surface area contributed by atoms with Gasteiger partial charge in [-0.05, 0) is 84.3 Å². The maximum Gasteiger partial charge on any atom is 0.256 e. The number of halogens is 1. The molecule has 1 saturated heterocycles. The third-order valence-electron chi connectivity index (χ3n) is 7.82. The molecule has 0 bridgehead atoms. The van der Waals surface area contributed by atoms with Crippen LogP contribution in [0.15, 0.2) is 103 Å². The summed E-state index contributed by atoms with van der Waals surface area (Å²) in [6.07, 6.45) is 2.78.